The van der Waals surface area contributed by atoms with Gasteiger partial charge in [-0.05, 0) is 25.1 Å². The van der Waals surface area contributed by atoms with Gasteiger partial charge in [-0.2, -0.15) is 5.26 Å². The molecule has 23 heavy (non-hydrogen) atoms. The summed E-state index contributed by atoms with van der Waals surface area (Å²) < 4.78 is 0. The highest BCUT2D eigenvalue weighted by molar-refractivity contribution is 5.74. The summed E-state index contributed by atoms with van der Waals surface area (Å²) in [6.07, 6.45) is 1.39. The van der Waals surface area contributed by atoms with E-state index in [0.717, 1.165) is 11.1 Å². The molecule has 0 bridgehead atoms. The van der Waals surface area contributed by atoms with Gasteiger partial charge < -0.3 is 10.4 Å². The number of hydrogen-bond acceptors (Lipinski definition) is 5. The molecule has 0 atom stereocenters. The van der Waals surface area contributed by atoms with E-state index in [0.29, 0.717) is 22.8 Å². The summed E-state index contributed by atoms with van der Waals surface area (Å²) >= 11 is 0. The zero-order valence-corrected chi connectivity index (χ0v) is 12.5. The van der Waals surface area contributed by atoms with Crippen molar-refractivity contribution in [1.29, 1.82) is 5.26 Å². The molecule has 0 saturated heterocycles. The SMILES string of the molecule is Cc1ccc(-c2ncnc(Nc3cccc(C#N)c3)c2O)cc1. The van der Waals surface area contributed by atoms with Gasteiger partial charge in [0.15, 0.2) is 11.6 Å². The number of benzene rings is 2. The first kappa shape index (κ1) is 14.5. The van der Waals surface area contributed by atoms with Gasteiger partial charge in [0.2, 0.25) is 0 Å². The molecule has 0 fully saturated rings. The van der Waals surface area contributed by atoms with Crippen LogP contribution < -0.4 is 5.32 Å². The lowest BCUT2D eigenvalue weighted by molar-refractivity contribution is 0.475. The van der Waals surface area contributed by atoms with E-state index in [-0.39, 0.29) is 5.75 Å². The molecule has 0 amide bonds. The number of aromatic hydroxyl groups is 1. The third-order valence-corrected chi connectivity index (χ3v) is 3.40. The van der Waals surface area contributed by atoms with E-state index in [2.05, 4.69) is 21.4 Å². The fourth-order valence-electron chi connectivity index (χ4n) is 2.20. The maximum atomic E-state index is 10.4. The van der Waals surface area contributed by atoms with Crippen molar-refractivity contribution in [3.63, 3.8) is 0 Å². The van der Waals surface area contributed by atoms with Gasteiger partial charge in [0.05, 0.1) is 11.6 Å². The highest BCUT2D eigenvalue weighted by atomic mass is 16.3. The lowest BCUT2D eigenvalue weighted by Gasteiger charge is -2.10. The summed E-state index contributed by atoms with van der Waals surface area (Å²) in [6.45, 7) is 2.00. The molecular formula is C18H14N4O. The summed E-state index contributed by atoms with van der Waals surface area (Å²) in [5.41, 5.74) is 3.60. The molecule has 0 aliphatic heterocycles. The van der Waals surface area contributed by atoms with Gasteiger partial charge in [0, 0.05) is 11.3 Å². The van der Waals surface area contributed by atoms with Gasteiger partial charge in [0.25, 0.3) is 0 Å². The molecule has 0 unspecified atom stereocenters. The zero-order chi connectivity index (χ0) is 16.2. The summed E-state index contributed by atoms with van der Waals surface area (Å²) in [5, 5.41) is 22.4. The predicted octanol–water partition coefficient (Wildman–Crippen LogP) is 3.77. The summed E-state index contributed by atoms with van der Waals surface area (Å²) in [7, 11) is 0. The lowest BCUT2D eigenvalue weighted by Crippen LogP contribution is -1.97. The number of nitrogens with zero attached hydrogens (tertiary/aromatic N) is 3. The van der Waals surface area contributed by atoms with Crippen LogP contribution in [0.4, 0.5) is 11.5 Å². The first-order valence-corrected chi connectivity index (χ1v) is 7.05. The van der Waals surface area contributed by atoms with Gasteiger partial charge in [-0.3, -0.25) is 0 Å². The number of aromatic nitrogens is 2. The van der Waals surface area contributed by atoms with Crippen molar-refractivity contribution in [3.8, 4) is 23.1 Å². The third-order valence-electron chi connectivity index (χ3n) is 3.40. The Hall–Kier alpha value is -3.39. The second kappa shape index (κ2) is 6.16. The quantitative estimate of drug-likeness (QED) is 0.769. The van der Waals surface area contributed by atoms with Crippen LogP contribution in [0.5, 0.6) is 5.75 Å². The van der Waals surface area contributed by atoms with Gasteiger partial charge in [-0.25, -0.2) is 9.97 Å². The molecule has 112 valence electrons. The van der Waals surface area contributed by atoms with Gasteiger partial charge in [-0.1, -0.05) is 35.9 Å². The average molecular weight is 302 g/mol. The van der Waals surface area contributed by atoms with Crippen molar-refractivity contribution >= 4 is 11.5 Å². The fraction of sp³-hybridized carbons (Fsp3) is 0.0556. The minimum atomic E-state index is -0.0290. The van der Waals surface area contributed by atoms with Gasteiger partial charge in [0.1, 0.15) is 12.0 Å². The van der Waals surface area contributed by atoms with Crippen LogP contribution >= 0.6 is 0 Å². The van der Waals surface area contributed by atoms with Crippen LogP contribution in [0, 0.1) is 18.3 Å². The Labute approximate surface area is 133 Å². The summed E-state index contributed by atoms with van der Waals surface area (Å²) in [5.74, 6) is 0.268. The number of nitrogens with one attached hydrogen (secondary N) is 1. The van der Waals surface area contributed by atoms with Crippen LogP contribution in [0.1, 0.15) is 11.1 Å². The van der Waals surface area contributed by atoms with E-state index >= 15 is 0 Å². The van der Waals surface area contributed by atoms with E-state index in [1.54, 1.807) is 24.3 Å². The van der Waals surface area contributed by atoms with E-state index in [9.17, 15) is 5.11 Å². The molecule has 1 heterocycles. The van der Waals surface area contributed by atoms with E-state index in [1.165, 1.54) is 6.33 Å². The van der Waals surface area contributed by atoms with Crippen LogP contribution in [0.15, 0.2) is 54.9 Å². The number of nitriles is 1. The molecule has 0 spiro atoms. The Morgan fingerprint density at radius 2 is 1.87 bits per heavy atom. The van der Waals surface area contributed by atoms with Crippen LogP contribution in [-0.2, 0) is 0 Å². The van der Waals surface area contributed by atoms with Gasteiger partial charge >= 0.3 is 0 Å². The molecule has 5 heteroatoms. The van der Waals surface area contributed by atoms with E-state index in [4.69, 9.17) is 5.26 Å². The molecule has 0 aliphatic carbocycles. The molecule has 5 nitrogen and oxygen atoms in total. The van der Waals surface area contributed by atoms with Crippen molar-refractivity contribution in [2.75, 3.05) is 5.32 Å². The van der Waals surface area contributed by atoms with Crippen LogP contribution in [0.2, 0.25) is 0 Å². The second-order valence-electron chi connectivity index (χ2n) is 5.10. The number of anilines is 2. The largest absolute Gasteiger partial charge is 0.503 e. The Balaban J connectivity index is 1.96. The molecule has 0 saturated carbocycles. The van der Waals surface area contributed by atoms with Crippen LogP contribution in [0.25, 0.3) is 11.3 Å². The Morgan fingerprint density at radius 1 is 1.09 bits per heavy atom. The first-order chi connectivity index (χ1) is 11.2. The van der Waals surface area contributed by atoms with Crippen molar-refractivity contribution in [2.24, 2.45) is 0 Å². The maximum Gasteiger partial charge on any atom is 0.185 e. The molecule has 0 radical (unpaired) electrons. The van der Waals surface area contributed by atoms with Crippen molar-refractivity contribution in [1.82, 2.24) is 9.97 Å². The molecule has 1 aromatic heterocycles. The van der Waals surface area contributed by atoms with Crippen molar-refractivity contribution < 1.29 is 5.11 Å². The molecular weight excluding hydrogens is 288 g/mol. The fourth-order valence-corrected chi connectivity index (χ4v) is 2.20. The minimum Gasteiger partial charge on any atom is -0.503 e. The predicted molar refractivity (Wildman–Crippen MR) is 88.3 cm³/mol. The number of hydrogen-bond donors (Lipinski definition) is 2. The Kier molecular flexibility index (Phi) is 3.89. The summed E-state index contributed by atoms with van der Waals surface area (Å²) in [6, 6.07) is 16.8. The van der Waals surface area contributed by atoms with Gasteiger partial charge in [-0.15, -0.1) is 0 Å². The number of rotatable bonds is 3. The minimum absolute atomic E-state index is 0.0290. The second-order valence-corrected chi connectivity index (χ2v) is 5.10. The average Bonchev–Trinajstić information content (AvgIpc) is 2.58. The zero-order valence-electron chi connectivity index (χ0n) is 12.5. The smallest absolute Gasteiger partial charge is 0.185 e. The molecule has 2 N–H and O–H groups in total. The van der Waals surface area contributed by atoms with E-state index in [1.807, 2.05) is 31.2 Å². The molecule has 0 aliphatic rings. The van der Waals surface area contributed by atoms with Crippen molar-refractivity contribution in [2.45, 2.75) is 6.92 Å². The molecule has 3 rings (SSSR count). The third kappa shape index (κ3) is 3.11. The molecule has 2 aromatic carbocycles. The highest BCUT2D eigenvalue weighted by Crippen LogP contribution is 2.33. The van der Waals surface area contributed by atoms with Crippen LogP contribution in [0.3, 0.4) is 0 Å². The monoisotopic (exact) mass is 302 g/mol. The maximum absolute atomic E-state index is 10.4. The first-order valence-electron chi connectivity index (χ1n) is 7.05. The van der Waals surface area contributed by atoms with Crippen molar-refractivity contribution in [3.05, 3.63) is 66.0 Å². The van der Waals surface area contributed by atoms with Crippen LogP contribution in [-0.4, -0.2) is 15.1 Å². The standard InChI is InChI=1S/C18H14N4O/c1-12-5-7-14(8-6-12)16-17(23)18(21-11-20-16)22-15-4-2-3-13(9-15)10-19/h2-9,11,23H,1H3,(H,20,21,22). The molecule has 3 aromatic rings. The Morgan fingerprint density at radius 3 is 2.61 bits per heavy atom. The summed E-state index contributed by atoms with van der Waals surface area (Å²) in [4.78, 5) is 8.24. The Bertz CT molecular complexity index is 882. The lowest BCUT2D eigenvalue weighted by atomic mass is 10.1. The highest BCUT2D eigenvalue weighted by Gasteiger charge is 2.12. The topological polar surface area (TPSA) is 81.8 Å². The number of aryl methyl sites for hydroxylation is 1. The normalized spacial score (nSPS) is 10.1. The van der Waals surface area contributed by atoms with E-state index < -0.39 is 0 Å².